The van der Waals surface area contributed by atoms with Crippen LogP contribution in [-0.4, -0.2) is 34.3 Å². The normalized spacial score (nSPS) is 13.2. The molecule has 1 aromatic rings. The van der Waals surface area contributed by atoms with Gasteiger partial charge in [-0.2, -0.15) is 0 Å². The summed E-state index contributed by atoms with van der Waals surface area (Å²) in [5.74, 6) is 1.61. The number of guanidine groups is 1. The standard InChI is InChI=1S/C14H23N3O2S.HI/c1-14(2,3)20(18)10-9-16-13(15)17-11-5-7-12(19-4)8-6-11;/h5-8H,9-10H2,1-4H3,(H3,15,16,17);1H. The Morgan fingerprint density at radius 2 is 1.90 bits per heavy atom. The number of aliphatic imine (C=N–C) groups is 1. The van der Waals surface area contributed by atoms with E-state index in [0.717, 1.165) is 11.4 Å². The fraction of sp³-hybridized carbons (Fsp3) is 0.500. The molecule has 3 N–H and O–H groups in total. The molecule has 0 saturated heterocycles. The number of hydrogen-bond acceptors (Lipinski definition) is 3. The Kier molecular flexibility index (Phi) is 8.88. The minimum absolute atomic E-state index is 0. The lowest BCUT2D eigenvalue weighted by molar-refractivity contribution is 0.415. The topological polar surface area (TPSA) is 76.7 Å². The Balaban J connectivity index is 0.00000400. The first-order valence-corrected chi connectivity index (χ1v) is 7.74. The van der Waals surface area contributed by atoms with Gasteiger partial charge in [-0.1, -0.05) is 0 Å². The second kappa shape index (κ2) is 9.24. The van der Waals surface area contributed by atoms with Gasteiger partial charge < -0.3 is 15.8 Å². The number of halogens is 1. The summed E-state index contributed by atoms with van der Waals surface area (Å²) in [5, 5.41) is 2.98. The molecule has 7 heteroatoms. The number of rotatable bonds is 5. The molecule has 0 bridgehead atoms. The maximum atomic E-state index is 11.8. The molecule has 0 saturated carbocycles. The van der Waals surface area contributed by atoms with Crippen LogP contribution in [0.1, 0.15) is 20.8 Å². The van der Waals surface area contributed by atoms with Crippen LogP contribution >= 0.6 is 24.0 Å². The minimum Gasteiger partial charge on any atom is -0.497 e. The molecule has 1 aromatic carbocycles. The maximum absolute atomic E-state index is 11.8. The van der Waals surface area contributed by atoms with Crippen molar-refractivity contribution in [3.63, 3.8) is 0 Å². The lowest BCUT2D eigenvalue weighted by atomic mass is 10.3. The summed E-state index contributed by atoms with van der Waals surface area (Å²) in [4.78, 5) is 4.17. The molecule has 1 unspecified atom stereocenters. The first-order chi connectivity index (χ1) is 9.32. The van der Waals surface area contributed by atoms with Gasteiger partial charge in [-0.15, -0.1) is 24.0 Å². The van der Waals surface area contributed by atoms with Crippen molar-refractivity contribution < 1.29 is 8.95 Å². The molecule has 0 radical (unpaired) electrons. The number of ether oxygens (including phenoxy) is 1. The third-order valence-electron chi connectivity index (χ3n) is 2.60. The van der Waals surface area contributed by atoms with Crippen molar-refractivity contribution in [3.8, 4) is 5.75 Å². The zero-order chi connectivity index (χ0) is 15.2. The van der Waals surface area contributed by atoms with E-state index in [2.05, 4.69) is 10.3 Å². The number of methoxy groups -OCH3 is 1. The average Bonchev–Trinajstić information content (AvgIpc) is 2.38. The third-order valence-corrected chi connectivity index (χ3v) is 4.52. The van der Waals surface area contributed by atoms with Gasteiger partial charge in [0, 0.05) is 27.0 Å². The predicted octanol–water partition coefficient (Wildman–Crippen LogP) is 2.59. The van der Waals surface area contributed by atoms with Crippen LogP contribution in [0.15, 0.2) is 29.3 Å². The van der Waals surface area contributed by atoms with Gasteiger partial charge in [0.15, 0.2) is 5.96 Å². The molecular formula is C14H24IN3O2S. The third kappa shape index (κ3) is 7.66. The largest absolute Gasteiger partial charge is 0.497 e. The summed E-state index contributed by atoms with van der Waals surface area (Å²) in [6.45, 7) is 6.29. The van der Waals surface area contributed by atoms with Gasteiger partial charge in [0.1, 0.15) is 5.75 Å². The number of anilines is 1. The van der Waals surface area contributed by atoms with Crippen molar-refractivity contribution in [1.29, 1.82) is 0 Å². The molecule has 0 aliphatic rings. The summed E-state index contributed by atoms with van der Waals surface area (Å²) in [5.41, 5.74) is 6.62. The molecule has 21 heavy (non-hydrogen) atoms. The highest BCUT2D eigenvalue weighted by Gasteiger charge is 2.18. The number of hydrogen-bond donors (Lipinski definition) is 2. The fourth-order valence-corrected chi connectivity index (χ4v) is 2.29. The summed E-state index contributed by atoms with van der Waals surface area (Å²) < 4.78 is 16.7. The number of nitrogens with one attached hydrogen (secondary N) is 1. The minimum atomic E-state index is -0.912. The highest BCUT2D eigenvalue weighted by molar-refractivity contribution is 14.0. The van der Waals surface area contributed by atoms with Gasteiger partial charge in [0.05, 0.1) is 13.7 Å². The van der Waals surface area contributed by atoms with Crippen LogP contribution in [0.5, 0.6) is 5.75 Å². The molecule has 0 aromatic heterocycles. The van der Waals surface area contributed by atoms with E-state index in [1.807, 2.05) is 45.0 Å². The number of benzene rings is 1. The second-order valence-electron chi connectivity index (χ2n) is 5.28. The van der Waals surface area contributed by atoms with E-state index < -0.39 is 10.8 Å². The van der Waals surface area contributed by atoms with E-state index in [1.54, 1.807) is 7.11 Å². The first-order valence-electron chi connectivity index (χ1n) is 6.42. The van der Waals surface area contributed by atoms with Crippen molar-refractivity contribution >= 4 is 46.4 Å². The van der Waals surface area contributed by atoms with Crippen LogP contribution in [0.4, 0.5) is 5.69 Å². The highest BCUT2D eigenvalue weighted by atomic mass is 127. The monoisotopic (exact) mass is 425 g/mol. The summed E-state index contributed by atoms with van der Waals surface area (Å²) in [7, 11) is 0.707. The summed E-state index contributed by atoms with van der Waals surface area (Å²) >= 11 is 0. The van der Waals surface area contributed by atoms with E-state index in [1.165, 1.54) is 0 Å². The number of nitrogens with zero attached hydrogens (tertiary/aromatic N) is 1. The zero-order valence-electron chi connectivity index (χ0n) is 12.9. The van der Waals surface area contributed by atoms with Crippen molar-refractivity contribution in [2.75, 3.05) is 24.7 Å². The van der Waals surface area contributed by atoms with Gasteiger partial charge in [-0.25, -0.2) is 0 Å². The lowest BCUT2D eigenvalue weighted by Crippen LogP contribution is -2.27. The van der Waals surface area contributed by atoms with Gasteiger partial charge in [0.2, 0.25) is 0 Å². The Morgan fingerprint density at radius 1 is 1.33 bits per heavy atom. The van der Waals surface area contributed by atoms with Crippen molar-refractivity contribution in [2.24, 2.45) is 10.7 Å². The Labute approximate surface area is 146 Å². The second-order valence-corrected chi connectivity index (χ2v) is 7.61. The lowest BCUT2D eigenvalue weighted by Gasteiger charge is -2.16. The Hall–Kier alpha value is -0.830. The molecular weight excluding hydrogens is 401 g/mol. The first kappa shape index (κ1) is 20.2. The molecule has 0 spiro atoms. The van der Waals surface area contributed by atoms with E-state index in [0.29, 0.717) is 18.3 Å². The van der Waals surface area contributed by atoms with E-state index in [9.17, 15) is 4.21 Å². The van der Waals surface area contributed by atoms with Crippen molar-refractivity contribution in [2.45, 2.75) is 25.5 Å². The molecule has 0 amide bonds. The Morgan fingerprint density at radius 3 is 2.38 bits per heavy atom. The highest BCUT2D eigenvalue weighted by Crippen LogP contribution is 2.14. The maximum Gasteiger partial charge on any atom is 0.193 e. The quantitative estimate of drug-likeness (QED) is 0.432. The van der Waals surface area contributed by atoms with Gasteiger partial charge in [-0.3, -0.25) is 9.20 Å². The van der Waals surface area contributed by atoms with Crippen LogP contribution in [-0.2, 0) is 10.8 Å². The van der Waals surface area contributed by atoms with Gasteiger partial charge >= 0.3 is 0 Å². The summed E-state index contributed by atoms with van der Waals surface area (Å²) in [6.07, 6.45) is 0. The molecule has 5 nitrogen and oxygen atoms in total. The molecule has 1 atom stereocenters. The SMILES string of the molecule is COc1ccc(NC(N)=NCCS(=O)C(C)(C)C)cc1.I. The predicted molar refractivity (Wildman–Crippen MR) is 101 cm³/mol. The van der Waals surface area contributed by atoms with Crippen LogP contribution in [0.3, 0.4) is 0 Å². The van der Waals surface area contributed by atoms with Crippen LogP contribution < -0.4 is 15.8 Å². The fourth-order valence-electron chi connectivity index (χ4n) is 1.42. The van der Waals surface area contributed by atoms with E-state index in [-0.39, 0.29) is 28.7 Å². The molecule has 0 fully saturated rings. The molecule has 0 aliphatic heterocycles. The van der Waals surface area contributed by atoms with Crippen LogP contribution in [0.25, 0.3) is 0 Å². The Bertz CT molecular complexity index is 484. The average molecular weight is 425 g/mol. The van der Waals surface area contributed by atoms with Crippen LogP contribution in [0.2, 0.25) is 0 Å². The van der Waals surface area contributed by atoms with Crippen LogP contribution in [0, 0.1) is 0 Å². The van der Waals surface area contributed by atoms with Gasteiger partial charge in [0.25, 0.3) is 0 Å². The molecule has 0 heterocycles. The van der Waals surface area contributed by atoms with E-state index in [4.69, 9.17) is 10.5 Å². The zero-order valence-corrected chi connectivity index (χ0v) is 16.0. The summed E-state index contributed by atoms with van der Waals surface area (Å²) in [6, 6.07) is 7.39. The smallest absolute Gasteiger partial charge is 0.193 e. The molecule has 0 aliphatic carbocycles. The molecule has 120 valence electrons. The van der Waals surface area contributed by atoms with Gasteiger partial charge in [-0.05, 0) is 45.0 Å². The van der Waals surface area contributed by atoms with E-state index >= 15 is 0 Å². The molecule has 1 rings (SSSR count). The van der Waals surface area contributed by atoms with Crippen molar-refractivity contribution in [1.82, 2.24) is 0 Å². The van der Waals surface area contributed by atoms with Crippen molar-refractivity contribution in [3.05, 3.63) is 24.3 Å². The number of nitrogens with two attached hydrogens (primary N) is 1.